The molecule has 1 unspecified atom stereocenters. The maximum absolute atomic E-state index is 12.2. The third-order valence-electron chi connectivity index (χ3n) is 3.51. The molecule has 1 aromatic rings. The summed E-state index contributed by atoms with van der Waals surface area (Å²) in [7, 11) is -3.78. The standard InChI is InChI=1S/C13H20N4O3S/c1-9(13(18)17-6-2-3-7-17)16-12-5-4-10(8-11(12)14)21(15,19)20/h4-5,8-9,16H,2-3,6-7,14H2,1H3,(H2,15,19,20). The van der Waals surface area contributed by atoms with Gasteiger partial charge in [0.15, 0.2) is 0 Å². The number of anilines is 2. The minimum atomic E-state index is -3.78. The first kappa shape index (κ1) is 15.6. The molecule has 2 rings (SSSR count). The number of hydrogen-bond donors (Lipinski definition) is 3. The van der Waals surface area contributed by atoms with Crippen LogP contribution in [0.15, 0.2) is 23.1 Å². The van der Waals surface area contributed by atoms with E-state index in [2.05, 4.69) is 5.32 Å². The fraction of sp³-hybridized carbons (Fsp3) is 0.462. The number of nitrogens with one attached hydrogen (secondary N) is 1. The lowest BCUT2D eigenvalue weighted by Gasteiger charge is -2.22. The Morgan fingerprint density at radius 2 is 1.95 bits per heavy atom. The second-order valence-corrected chi connectivity index (χ2v) is 6.75. The molecule has 1 atom stereocenters. The first-order valence-corrected chi connectivity index (χ1v) is 8.31. The van der Waals surface area contributed by atoms with E-state index in [0.29, 0.717) is 5.69 Å². The van der Waals surface area contributed by atoms with Gasteiger partial charge in [-0.2, -0.15) is 0 Å². The lowest BCUT2D eigenvalue weighted by atomic mass is 10.2. The molecule has 8 heteroatoms. The highest BCUT2D eigenvalue weighted by Gasteiger charge is 2.23. The van der Waals surface area contributed by atoms with Gasteiger partial charge in [-0.1, -0.05) is 0 Å². The molecule has 21 heavy (non-hydrogen) atoms. The normalized spacial score (nSPS) is 16.8. The van der Waals surface area contributed by atoms with Crippen LogP contribution in [0.5, 0.6) is 0 Å². The summed E-state index contributed by atoms with van der Waals surface area (Å²) in [6.07, 6.45) is 2.06. The molecule has 1 aliphatic heterocycles. The molecule has 1 aromatic carbocycles. The van der Waals surface area contributed by atoms with Crippen molar-refractivity contribution in [3.8, 4) is 0 Å². The number of nitrogens with two attached hydrogens (primary N) is 2. The Kier molecular flexibility index (Phi) is 4.38. The number of nitrogens with zero attached hydrogens (tertiary/aromatic N) is 1. The molecule has 1 fully saturated rings. The minimum absolute atomic E-state index is 0.0161. The summed E-state index contributed by atoms with van der Waals surface area (Å²) in [4.78, 5) is 14.0. The Morgan fingerprint density at radius 1 is 1.33 bits per heavy atom. The fourth-order valence-corrected chi connectivity index (χ4v) is 2.90. The molecular weight excluding hydrogens is 292 g/mol. The summed E-state index contributed by atoms with van der Waals surface area (Å²) < 4.78 is 22.5. The molecule has 0 radical (unpaired) electrons. The van der Waals surface area contributed by atoms with Gasteiger partial charge >= 0.3 is 0 Å². The van der Waals surface area contributed by atoms with Crippen LogP contribution in [0.3, 0.4) is 0 Å². The molecule has 0 saturated carbocycles. The summed E-state index contributed by atoms with van der Waals surface area (Å²) in [6, 6.07) is 3.74. The van der Waals surface area contributed by atoms with Crippen molar-refractivity contribution in [2.75, 3.05) is 24.1 Å². The van der Waals surface area contributed by atoms with Gasteiger partial charge < -0.3 is 16.0 Å². The Morgan fingerprint density at radius 3 is 2.48 bits per heavy atom. The monoisotopic (exact) mass is 312 g/mol. The molecule has 1 saturated heterocycles. The average Bonchev–Trinajstić information content (AvgIpc) is 2.92. The van der Waals surface area contributed by atoms with Crippen LogP contribution in [0.25, 0.3) is 0 Å². The molecule has 116 valence electrons. The second kappa shape index (κ2) is 5.90. The zero-order valence-electron chi connectivity index (χ0n) is 11.9. The predicted molar refractivity (Wildman–Crippen MR) is 81.1 cm³/mol. The summed E-state index contributed by atoms with van der Waals surface area (Å²) in [5.74, 6) is 0.0161. The van der Waals surface area contributed by atoms with Crippen molar-refractivity contribution < 1.29 is 13.2 Å². The average molecular weight is 312 g/mol. The number of benzene rings is 1. The molecule has 7 nitrogen and oxygen atoms in total. The van der Waals surface area contributed by atoms with Crippen LogP contribution in [0, 0.1) is 0 Å². The predicted octanol–water partition coefficient (Wildman–Crippen LogP) is 0.339. The van der Waals surface area contributed by atoms with Crippen molar-refractivity contribution in [2.24, 2.45) is 5.14 Å². The van der Waals surface area contributed by atoms with Gasteiger partial charge in [-0.3, -0.25) is 4.79 Å². The van der Waals surface area contributed by atoms with E-state index >= 15 is 0 Å². The summed E-state index contributed by atoms with van der Waals surface area (Å²) in [5.41, 5.74) is 6.57. The number of likely N-dealkylation sites (tertiary alicyclic amines) is 1. The molecule has 0 aromatic heterocycles. The molecule has 5 N–H and O–H groups in total. The van der Waals surface area contributed by atoms with E-state index in [4.69, 9.17) is 10.9 Å². The molecule has 0 aliphatic carbocycles. The summed E-state index contributed by atoms with van der Waals surface area (Å²) >= 11 is 0. The first-order chi connectivity index (χ1) is 9.79. The van der Waals surface area contributed by atoms with E-state index < -0.39 is 16.1 Å². The highest BCUT2D eigenvalue weighted by molar-refractivity contribution is 7.89. The number of primary sulfonamides is 1. The topological polar surface area (TPSA) is 119 Å². The molecular formula is C13H20N4O3S. The van der Waals surface area contributed by atoms with Gasteiger partial charge in [0.1, 0.15) is 6.04 Å². The van der Waals surface area contributed by atoms with E-state index in [1.54, 1.807) is 6.92 Å². The molecule has 1 amide bonds. The third-order valence-corrected chi connectivity index (χ3v) is 4.42. The molecule has 0 spiro atoms. The van der Waals surface area contributed by atoms with E-state index in [1.807, 2.05) is 4.90 Å². The maximum Gasteiger partial charge on any atom is 0.244 e. The number of nitrogen functional groups attached to an aromatic ring is 1. The lowest BCUT2D eigenvalue weighted by molar-refractivity contribution is -0.130. The molecule has 1 heterocycles. The summed E-state index contributed by atoms with van der Waals surface area (Å²) in [6.45, 7) is 3.32. The number of rotatable bonds is 4. The third kappa shape index (κ3) is 3.64. The van der Waals surface area contributed by atoms with Crippen molar-refractivity contribution in [3.05, 3.63) is 18.2 Å². The van der Waals surface area contributed by atoms with Crippen LogP contribution in [0.2, 0.25) is 0 Å². The fourth-order valence-electron chi connectivity index (χ4n) is 2.36. The van der Waals surface area contributed by atoms with Crippen molar-refractivity contribution in [1.82, 2.24) is 4.90 Å². The van der Waals surface area contributed by atoms with Gasteiger partial charge in [0, 0.05) is 13.1 Å². The number of amides is 1. The number of sulfonamides is 1. The number of carbonyl (C=O) groups is 1. The number of carbonyl (C=O) groups excluding carboxylic acids is 1. The highest BCUT2D eigenvalue weighted by Crippen LogP contribution is 2.23. The van der Waals surface area contributed by atoms with Gasteiger partial charge in [-0.25, -0.2) is 13.6 Å². The minimum Gasteiger partial charge on any atom is -0.397 e. The van der Waals surface area contributed by atoms with Crippen LogP contribution >= 0.6 is 0 Å². The van der Waals surface area contributed by atoms with E-state index in [9.17, 15) is 13.2 Å². The quantitative estimate of drug-likeness (QED) is 0.693. The van der Waals surface area contributed by atoms with Gasteiger partial charge in [-0.05, 0) is 38.0 Å². The maximum atomic E-state index is 12.2. The Balaban J connectivity index is 2.10. The van der Waals surface area contributed by atoms with E-state index in [1.165, 1.54) is 18.2 Å². The van der Waals surface area contributed by atoms with Crippen LogP contribution in [-0.4, -0.2) is 38.4 Å². The zero-order chi connectivity index (χ0) is 15.6. The second-order valence-electron chi connectivity index (χ2n) is 5.19. The van der Waals surface area contributed by atoms with E-state index in [0.717, 1.165) is 25.9 Å². The highest BCUT2D eigenvalue weighted by atomic mass is 32.2. The van der Waals surface area contributed by atoms with E-state index in [-0.39, 0.29) is 16.5 Å². The largest absolute Gasteiger partial charge is 0.397 e. The zero-order valence-corrected chi connectivity index (χ0v) is 12.7. The van der Waals surface area contributed by atoms with Gasteiger partial charge in [-0.15, -0.1) is 0 Å². The SMILES string of the molecule is CC(Nc1ccc(S(N)(=O)=O)cc1N)C(=O)N1CCCC1. The van der Waals surface area contributed by atoms with Gasteiger partial charge in [0.2, 0.25) is 15.9 Å². The van der Waals surface area contributed by atoms with Crippen molar-refractivity contribution in [2.45, 2.75) is 30.7 Å². The van der Waals surface area contributed by atoms with Crippen molar-refractivity contribution >= 4 is 27.3 Å². The Bertz CT molecular complexity index is 639. The molecule has 0 bridgehead atoms. The smallest absolute Gasteiger partial charge is 0.244 e. The first-order valence-electron chi connectivity index (χ1n) is 6.76. The van der Waals surface area contributed by atoms with Crippen LogP contribution in [0.4, 0.5) is 11.4 Å². The van der Waals surface area contributed by atoms with Crippen LogP contribution in [0.1, 0.15) is 19.8 Å². The van der Waals surface area contributed by atoms with Gasteiger partial charge in [0.05, 0.1) is 16.3 Å². The van der Waals surface area contributed by atoms with Crippen molar-refractivity contribution in [1.29, 1.82) is 0 Å². The Labute approximate surface area is 124 Å². The lowest BCUT2D eigenvalue weighted by Crippen LogP contribution is -2.39. The summed E-state index contributed by atoms with van der Waals surface area (Å²) in [5, 5.41) is 8.06. The van der Waals surface area contributed by atoms with Crippen molar-refractivity contribution in [3.63, 3.8) is 0 Å². The Hall–Kier alpha value is -1.80. The van der Waals surface area contributed by atoms with Gasteiger partial charge in [0.25, 0.3) is 0 Å². The van der Waals surface area contributed by atoms with Crippen LogP contribution in [-0.2, 0) is 14.8 Å². The molecule has 1 aliphatic rings. The number of hydrogen-bond acceptors (Lipinski definition) is 5. The van der Waals surface area contributed by atoms with Crippen LogP contribution < -0.4 is 16.2 Å².